The smallest absolute Gasteiger partial charge is 0.336 e. The fourth-order valence-electron chi connectivity index (χ4n) is 2.35. The van der Waals surface area contributed by atoms with Gasteiger partial charge in [-0.3, -0.25) is 19.2 Å². The lowest BCUT2D eigenvalue weighted by Crippen LogP contribution is -2.51. The van der Waals surface area contributed by atoms with Crippen LogP contribution in [-0.2, 0) is 38.1 Å². The summed E-state index contributed by atoms with van der Waals surface area (Å²) in [6, 6.07) is 0. The second-order valence-corrected chi connectivity index (χ2v) is 7.39. The molecule has 0 saturated heterocycles. The van der Waals surface area contributed by atoms with Crippen molar-refractivity contribution in [1.29, 1.82) is 0 Å². The van der Waals surface area contributed by atoms with Crippen LogP contribution in [0, 0.1) is 13.1 Å². The van der Waals surface area contributed by atoms with E-state index in [0.717, 1.165) is 13.8 Å². The summed E-state index contributed by atoms with van der Waals surface area (Å²) < 4.78 is 19.7. The maximum absolute atomic E-state index is 12.3. The number of hydrogen-bond donors (Lipinski definition) is 2. The predicted octanol–water partition coefficient (Wildman–Crippen LogP) is 1.08. The van der Waals surface area contributed by atoms with Gasteiger partial charge >= 0.3 is 23.9 Å². The lowest BCUT2D eigenvalue weighted by molar-refractivity contribution is -0.184. The second kappa shape index (κ2) is 14.4. The molecule has 0 radical (unpaired) electrons. The molecule has 12 nitrogen and oxygen atoms in total. The molecule has 0 aliphatic rings. The number of carbonyl (C=O) groups is 4. The summed E-state index contributed by atoms with van der Waals surface area (Å²) in [7, 11) is 0. The number of esters is 4. The Morgan fingerprint density at radius 1 is 0.676 bits per heavy atom. The van der Waals surface area contributed by atoms with Crippen molar-refractivity contribution in [2.45, 2.75) is 66.0 Å². The van der Waals surface area contributed by atoms with Gasteiger partial charge in [0.1, 0.15) is 25.4 Å². The molecular weight excluding hydrogens is 452 g/mol. The van der Waals surface area contributed by atoms with Crippen molar-refractivity contribution in [3.63, 3.8) is 0 Å². The van der Waals surface area contributed by atoms with Crippen molar-refractivity contribution < 1.29 is 48.3 Å². The average molecular weight is 480 g/mol. The van der Waals surface area contributed by atoms with Crippen LogP contribution in [0.5, 0.6) is 0 Å². The zero-order chi connectivity index (χ0) is 26.6. The Bertz CT molecular complexity index is 854. The van der Waals surface area contributed by atoms with Crippen molar-refractivity contribution in [3.05, 3.63) is 45.4 Å². The predicted molar refractivity (Wildman–Crippen MR) is 115 cm³/mol. The van der Waals surface area contributed by atoms with Crippen molar-refractivity contribution in [2.24, 2.45) is 0 Å². The molecular formula is C22H28N2O10. The van der Waals surface area contributed by atoms with Crippen LogP contribution >= 0.6 is 0 Å². The highest BCUT2D eigenvalue weighted by Gasteiger charge is 2.39. The van der Waals surface area contributed by atoms with Gasteiger partial charge in [0.05, 0.1) is 13.1 Å². The SMILES string of the molecule is [C-]#[N+]C(C(=O)O[C@H](COC(C)=O)[C@@H](O)[C@H](O)[C@@H](COC(C)=O)OC(=O)C([N+]#[C-])=C(C)C)=C(C)C. The minimum absolute atomic E-state index is 0.316. The minimum atomic E-state index is -2.02. The van der Waals surface area contributed by atoms with Gasteiger partial charge in [-0.2, -0.15) is 0 Å². The van der Waals surface area contributed by atoms with Gasteiger partial charge in [-0.25, -0.2) is 9.69 Å². The van der Waals surface area contributed by atoms with E-state index in [2.05, 4.69) is 9.69 Å². The number of nitrogens with zero attached hydrogens (tertiary/aromatic N) is 2. The molecule has 0 aliphatic heterocycles. The first-order valence-electron chi connectivity index (χ1n) is 9.91. The normalized spacial score (nSPS) is 13.5. The Kier molecular flexibility index (Phi) is 12.8. The molecule has 0 fully saturated rings. The van der Waals surface area contributed by atoms with E-state index in [4.69, 9.17) is 32.1 Å². The summed E-state index contributed by atoms with van der Waals surface area (Å²) in [4.78, 5) is 53.2. The number of hydrogen-bond acceptors (Lipinski definition) is 10. The number of ether oxygens (including phenoxy) is 4. The first-order chi connectivity index (χ1) is 15.8. The summed E-state index contributed by atoms with van der Waals surface area (Å²) in [5, 5.41) is 21.3. The molecule has 0 amide bonds. The molecule has 2 N–H and O–H groups in total. The Morgan fingerprint density at radius 3 is 1.18 bits per heavy atom. The van der Waals surface area contributed by atoms with Crippen LogP contribution in [-0.4, -0.2) is 71.7 Å². The Labute approximate surface area is 197 Å². The van der Waals surface area contributed by atoms with Crippen LogP contribution in [0.3, 0.4) is 0 Å². The third kappa shape index (κ3) is 9.81. The van der Waals surface area contributed by atoms with Gasteiger partial charge in [0.15, 0.2) is 12.2 Å². The number of carbonyl (C=O) groups excluding carboxylic acids is 4. The molecule has 0 saturated carbocycles. The maximum Gasteiger partial charge on any atom is 0.336 e. The van der Waals surface area contributed by atoms with Gasteiger partial charge in [0.25, 0.3) is 11.4 Å². The van der Waals surface area contributed by atoms with Crippen molar-refractivity contribution in [3.8, 4) is 0 Å². The highest BCUT2D eigenvalue weighted by molar-refractivity contribution is 5.91. The van der Waals surface area contributed by atoms with E-state index in [0.29, 0.717) is 11.1 Å². The van der Waals surface area contributed by atoms with Crippen molar-refractivity contribution in [1.82, 2.24) is 0 Å². The Balaban J connectivity index is 5.99. The highest BCUT2D eigenvalue weighted by atomic mass is 16.6. The highest BCUT2D eigenvalue weighted by Crippen LogP contribution is 2.18. The maximum atomic E-state index is 12.3. The third-order valence-electron chi connectivity index (χ3n) is 4.09. The van der Waals surface area contributed by atoms with Crippen molar-refractivity contribution >= 4 is 23.9 Å². The first-order valence-corrected chi connectivity index (χ1v) is 9.91. The zero-order valence-corrected chi connectivity index (χ0v) is 19.8. The molecule has 0 aliphatic carbocycles. The van der Waals surface area contributed by atoms with Crippen LogP contribution in [0.1, 0.15) is 41.5 Å². The molecule has 0 rings (SSSR count). The van der Waals surface area contributed by atoms with Gasteiger partial charge in [-0.15, -0.1) is 0 Å². The summed E-state index contributed by atoms with van der Waals surface area (Å²) in [6.45, 7) is 20.8. The van der Waals surface area contributed by atoms with Crippen LogP contribution in [0.15, 0.2) is 22.5 Å². The minimum Gasteiger partial charge on any atom is -0.462 e. The fraction of sp³-hybridized carbons (Fsp3) is 0.545. The number of aliphatic hydroxyl groups excluding tert-OH is 2. The lowest BCUT2D eigenvalue weighted by atomic mass is 10.0. The summed E-state index contributed by atoms with van der Waals surface area (Å²) in [5.74, 6) is -3.87. The van der Waals surface area contributed by atoms with Crippen LogP contribution in [0.2, 0.25) is 0 Å². The van der Waals surface area contributed by atoms with Crippen LogP contribution in [0.25, 0.3) is 9.69 Å². The average Bonchev–Trinajstić information content (AvgIpc) is 2.73. The topological polar surface area (TPSA) is 154 Å². The third-order valence-corrected chi connectivity index (χ3v) is 4.09. The quantitative estimate of drug-likeness (QED) is 0.190. The molecule has 0 bridgehead atoms. The first kappa shape index (κ1) is 30.3. The molecule has 0 heterocycles. The molecule has 12 heteroatoms. The van der Waals surface area contributed by atoms with Gasteiger partial charge in [0.2, 0.25) is 0 Å². The molecule has 34 heavy (non-hydrogen) atoms. The van der Waals surface area contributed by atoms with Crippen LogP contribution in [0.4, 0.5) is 0 Å². The number of allylic oxidation sites excluding steroid dienone is 2. The monoisotopic (exact) mass is 480 g/mol. The summed E-state index contributed by atoms with van der Waals surface area (Å²) in [5.41, 5.74) is -0.141. The molecule has 0 unspecified atom stereocenters. The molecule has 0 aromatic rings. The lowest BCUT2D eigenvalue weighted by Gasteiger charge is -2.30. The molecule has 0 spiro atoms. The van der Waals surface area contributed by atoms with E-state index in [1.807, 2.05) is 0 Å². The second-order valence-electron chi connectivity index (χ2n) is 7.39. The molecule has 0 aromatic carbocycles. The van der Waals surface area contributed by atoms with E-state index in [1.165, 1.54) is 27.7 Å². The molecule has 4 atom stereocenters. The van der Waals surface area contributed by atoms with E-state index in [-0.39, 0.29) is 11.4 Å². The standard InChI is InChI=1S/C22H28N2O10/c1-11(2)17(23-7)21(29)33-15(9-31-13(5)25)19(27)20(28)16(10-32-14(6)26)34-22(30)18(24-8)12(3)4/h15-16,19-20,27-28H,9-10H2,1-6H3/t15-,16-,19-,20-/m1/s1. The zero-order valence-electron chi connectivity index (χ0n) is 19.8. The number of rotatable bonds is 11. The summed E-state index contributed by atoms with van der Waals surface area (Å²) >= 11 is 0. The Hall–Kier alpha value is -3.74. The molecule has 186 valence electrons. The van der Waals surface area contributed by atoms with Gasteiger partial charge in [0, 0.05) is 13.8 Å². The van der Waals surface area contributed by atoms with E-state index >= 15 is 0 Å². The van der Waals surface area contributed by atoms with Gasteiger partial charge in [-0.1, -0.05) is 38.8 Å². The van der Waals surface area contributed by atoms with Gasteiger partial charge in [-0.05, 0) is 0 Å². The van der Waals surface area contributed by atoms with E-state index in [9.17, 15) is 29.4 Å². The Morgan fingerprint density at radius 2 is 0.971 bits per heavy atom. The number of aliphatic hydroxyl groups is 2. The summed E-state index contributed by atoms with van der Waals surface area (Å²) in [6.07, 6.45) is -7.43. The molecule has 0 aromatic heterocycles. The van der Waals surface area contributed by atoms with E-state index < -0.39 is 61.5 Å². The van der Waals surface area contributed by atoms with Gasteiger partial charge < -0.3 is 29.2 Å². The van der Waals surface area contributed by atoms with Crippen molar-refractivity contribution in [2.75, 3.05) is 13.2 Å². The van der Waals surface area contributed by atoms with E-state index in [1.54, 1.807) is 0 Å². The largest absolute Gasteiger partial charge is 0.462 e. The van der Waals surface area contributed by atoms with Crippen LogP contribution < -0.4 is 0 Å². The fourth-order valence-corrected chi connectivity index (χ4v) is 2.35.